The van der Waals surface area contributed by atoms with Crippen LogP contribution in [0, 0.1) is 19.8 Å². The molecule has 2 atom stereocenters. The lowest BCUT2D eigenvalue weighted by Crippen LogP contribution is -2.43. The van der Waals surface area contributed by atoms with E-state index in [1.807, 2.05) is 25.6 Å². The lowest BCUT2D eigenvalue weighted by Gasteiger charge is -2.31. The summed E-state index contributed by atoms with van der Waals surface area (Å²) in [5, 5.41) is 8.63. The predicted octanol–water partition coefficient (Wildman–Crippen LogP) is 0.190. The van der Waals surface area contributed by atoms with Gasteiger partial charge in [0.25, 0.3) is 0 Å². The van der Waals surface area contributed by atoms with Gasteiger partial charge in [-0.2, -0.15) is 10.2 Å². The van der Waals surface area contributed by atoms with Crippen LogP contribution in [0.15, 0.2) is 6.20 Å². The Bertz CT molecular complexity index is 884. The van der Waals surface area contributed by atoms with Crippen LogP contribution in [0.3, 0.4) is 0 Å². The second kappa shape index (κ2) is 5.93. The molecular formula is C17H23N7O2. The first-order chi connectivity index (χ1) is 12.4. The van der Waals surface area contributed by atoms with E-state index in [4.69, 9.17) is 0 Å². The Labute approximate surface area is 151 Å². The minimum Gasteiger partial charge on any atom is -0.338 e. The first kappa shape index (κ1) is 16.7. The molecule has 2 aliphatic heterocycles. The summed E-state index contributed by atoms with van der Waals surface area (Å²) < 4.78 is 3.63. The average molecular weight is 357 g/mol. The molecule has 0 aromatic carbocycles. The summed E-state index contributed by atoms with van der Waals surface area (Å²) in [7, 11) is 3.63. The Morgan fingerprint density at radius 1 is 1.23 bits per heavy atom. The maximum absolute atomic E-state index is 13.3. The molecule has 26 heavy (non-hydrogen) atoms. The van der Waals surface area contributed by atoms with Crippen molar-refractivity contribution in [1.82, 2.24) is 34.3 Å². The number of hydrogen-bond acceptors (Lipinski definition) is 5. The SMILES string of the molecule is Cc1nc2n(n1)CCN(C(=O)[C@H]1CC(=O)N(C)[C@@H]1c1cnn(C)c1C)C2. The number of nitrogens with zero attached hydrogens (tertiary/aromatic N) is 7. The van der Waals surface area contributed by atoms with Crippen LogP contribution in [0.4, 0.5) is 0 Å². The second-order valence-corrected chi connectivity index (χ2v) is 7.13. The first-order valence-electron chi connectivity index (χ1n) is 8.80. The lowest BCUT2D eigenvalue weighted by molar-refractivity contribution is -0.138. The van der Waals surface area contributed by atoms with Crippen LogP contribution in [0.1, 0.15) is 35.4 Å². The van der Waals surface area contributed by atoms with Gasteiger partial charge in [0.2, 0.25) is 11.8 Å². The number of rotatable bonds is 2. The van der Waals surface area contributed by atoms with Gasteiger partial charge in [-0.1, -0.05) is 0 Å². The Kier molecular flexibility index (Phi) is 3.82. The fraction of sp³-hybridized carbons (Fsp3) is 0.588. The third-order valence-corrected chi connectivity index (χ3v) is 5.58. The molecule has 0 unspecified atom stereocenters. The normalized spacial score (nSPS) is 22.8. The summed E-state index contributed by atoms with van der Waals surface area (Å²) in [6.45, 7) is 5.47. The first-order valence-corrected chi connectivity index (χ1v) is 8.80. The number of carbonyl (C=O) groups excluding carboxylic acids is 2. The highest BCUT2D eigenvalue weighted by molar-refractivity contribution is 5.90. The van der Waals surface area contributed by atoms with Gasteiger partial charge < -0.3 is 9.80 Å². The zero-order valence-electron chi connectivity index (χ0n) is 15.5. The Morgan fingerprint density at radius 2 is 2.00 bits per heavy atom. The number of likely N-dealkylation sites (tertiary alicyclic amines) is 1. The van der Waals surface area contributed by atoms with Crippen LogP contribution in [-0.2, 0) is 29.7 Å². The van der Waals surface area contributed by atoms with Gasteiger partial charge >= 0.3 is 0 Å². The molecule has 0 saturated carbocycles. The van der Waals surface area contributed by atoms with Crippen LogP contribution in [0.5, 0.6) is 0 Å². The quantitative estimate of drug-likeness (QED) is 0.765. The molecule has 2 amide bonds. The van der Waals surface area contributed by atoms with Crippen molar-refractivity contribution in [3.05, 3.63) is 29.1 Å². The van der Waals surface area contributed by atoms with Gasteiger partial charge in [0.15, 0.2) is 0 Å². The molecular weight excluding hydrogens is 334 g/mol. The number of amides is 2. The summed E-state index contributed by atoms with van der Waals surface area (Å²) in [6.07, 6.45) is 2.00. The van der Waals surface area contributed by atoms with Crippen molar-refractivity contribution in [3.8, 4) is 0 Å². The standard InChI is InChI=1S/C17H23N7O2/c1-10-13(8-18-22(10)4)16-12(7-15(25)21(16)3)17(26)23-5-6-24-14(9-23)19-11(2)20-24/h8,12,16H,5-7,9H2,1-4H3/t12-,16-/m0/s1. The number of carbonyl (C=O) groups is 2. The molecule has 2 aromatic rings. The number of hydrogen-bond donors (Lipinski definition) is 0. The van der Waals surface area contributed by atoms with Crippen molar-refractivity contribution in [2.24, 2.45) is 13.0 Å². The molecule has 9 nitrogen and oxygen atoms in total. The van der Waals surface area contributed by atoms with Crippen LogP contribution in [0.2, 0.25) is 0 Å². The third-order valence-electron chi connectivity index (χ3n) is 5.58. The van der Waals surface area contributed by atoms with Crippen molar-refractivity contribution in [2.75, 3.05) is 13.6 Å². The highest BCUT2D eigenvalue weighted by Crippen LogP contribution is 2.39. The van der Waals surface area contributed by atoms with Crippen LogP contribution >= 0.6 is 0 Å². The largest absolute Gasteiger partial charge is 0.338 e. The predicted molar refractivity (Wildman–Crippen MR) is 91.7 cm³/mol. The summed E-state index contributed by atoms with van der Waals surface area (Å²) >= 11 is 0. The highest BCUT2D eigenvalue weighted by Gasteiger charge is 2.45. The van der Waals surface area contributed by atoms with E-state index in [-0.39, 0.29) is 24.3 Å². The van der Waals surface area contributed by atoms with Gasteiger partial charge in [0, 0.05) is 38.3 Å². The molecule has 4 heterocycles. The van der Waals surface area contributed by atoms with Crippen LogP contribution in [0.25, 0.3) is 0 Å². The zero-order valence-corrected chi connectivity index (χ0v) is 15.5. The van der Waals surface area contributed by atoms with Gasteiger partial charge in [-0.3, -0.25) is 14.3 Å². The molecule has 1 saturated heterocycles. The van der Waals surface area contributed by atoms with Crippen molar-refractivity contribution in [1.29, 1.82) is 0 Å². The number of fused-ring (bicyclic) bond motifs is 1. The maximum atomic E-state index is 13.3. The Morgan fingerprint density at radius 3 is 2.69 bits per heavy atom. The van der Waals surface area contributed by atoms with Gasteiger partial charge in [0.1, 0.15) is 11.6 Å². The lowest BCUT2D eigenvalue weighted by atomic mass is 9.92. The molecule has 0 radical (unpaired) electrons. The number of aryl methyl sites for hydroxylation is 2. The van der Waals surface area contributed by atoms with E-state index in [1.165, 1.54) is 0 Å². The molecule has 138 valence electrons. The highest BCUT2D eigenvalue weighted by atomic mass is 16.2. The third kappa shape index (κ3) is 2.49. The van der Waals surface area contributed by atoms with Crippen molar-refractivity contribution in [2.45, 2.75) is 39.4 Å². The summed E-state index contributed by atoms with van der Waals surface area (Å²) in [5.41, 5.74) is 1.92. The summed E-state index contributed by atoms with van der Waals surface area (Å²) in [4.78, 5) is 33.5. The molecule has 0 aliphatic carbocycles. The topological polar surface area (TPSA) is 89.2 Å². The maximum Gasteiger partial charge on any atom is 0.229 e. The van der Waals surface area contributed by atoms with E-state index in [2.05, 4.69) is 15.2 Å². The molecule has 2 aromatic heterocycles. The Balaban J connectivity index is 1.62. The molecule has 2 aliphatic rings. The van der Waals surface area contributed by atoms with E-state index >= 15 is 0 Å². The van der Waals surface area contributed by atoms with Crippen molar-refractivity contribution in [3.63, 3.8) is 0 Å². The van der Waals surface area contributed by atoms with Crippen molar-refractivity contribution < 1.29 is 9.59 Å². The minimum atomic E-state index is -0.397. The zero-order chi connectivity index (χ0) is 18.6. The second-order valence-electron chi connectivity index (χ2n) is 7.13. The van der Waals surface area contributed by atoms with Gasteiger partial charge in [-0.15, -0.1) is 0 Å². The van der Waals surface area contributed by atoms with Gasteiger partial charge in [0.05, 0.1) is 31.2 Å². The molecule has 0 N–H and O–H groups in total. The van der Waals surface area contributed by atoms with E-state index in [0.29, 0.717) is 25.5 Å². The number of aromatic nitrogens is 5. The van der Waals surface area contributed by atoms with E-state index in [0.717, 1.165) is 17.1 Å². The van der Waals surface area contributed by atoms with E-state index in [1.54, 1.807) is 27.7 Å². The fourth-order valence-electron chi connectivity index (χ4n) is 4.01. The molecule has 4 rings (SSSR count). The van der Waals surface area contributed by atoms with Crippen LogP contribution < -0.4 is 0 Å². The molecule has 0 bridgehead atoms. The average Bonchev–Trinajstić information content (AvgIpc) is 3.23. The fourth-order valence-corrected chi connectivity index (χ4v) is 4.01. The molecule has 0 spiro atoms. The van der Waals surface area contributed by atoms with Crippen molar-refractivity contribution >= 4 is 11.8 Å². The Hall–Kier alpha value is -2.71. The molecule has 9 heteroatoms. The molecule has 1 fully saturated rings. The van der Waals surface area contributed by atoms with Gasteiger partial charge in [-0.05, 0) is 13.8 Å². The van der Waals surface area contributed by atoms with E-state index in [9.17, 15) is 9.59 Å². The smallest absolute Gasteiger partial charge is 0.229 e. The summed E-state index contributed by atoms with van der Waals surface area (Å²) in [6, 6.07) is -0.273. The van der Waals surface area contributed by atoms with Crippen LogP contribution in [-0.4, -0.2) is 59.8 Å². The summed E-state index contributed by atoms with van der Waals surface area (Å²) in [5.74, 6) is 1.12. The minimum absolute atomic E-state index is 0.00264. The van der Waals surface area contributed by atoms with Gasteiger partial charge in [-0.25, -0.2) is 9.67 Å². The van der Waals surface area contributed by atoms with E-state index < -0.39 is 5.92 Å². The monoisotopic (exact) mass is 357 g/mol.